The summed E-state index contributed by atoms with van der Waals surface area (Å²) in [6.07, 6.45) is 5.33. The Morgan fingerprint density at radius 1 is 1.14 bits per heavy atom. The molecule has 114 valence electrons. The normalized spacial score (nSPS) is 12.3. The van der Waals surface area contributed by atoms with E-state index >= 15 is 0 Å². The highest BCUT2D eigenvalue weighted by Gasteiger charge is 2.20. The van der Waals surface area contributed by atoms with Crippen LogP contribution >= 0.6 is 0 Å². The lowest BCUT2D eigenvalue weighted by Crippen LogP contribution is -2.19. The van der Waals surface area contributed by atoms with Gasteiger partial charge in [-0.15, -0.1) is 0 Å². The van der Waals surface area contributed by atoms with Gasteiger partial charge in [-0.25, -0.2) is 19.9 Å². The molecule has 0 aliphatic rings. The predicted molar refractivity (Wildman–Crippen MR) is 83.3 cm³/mol. The second-order valence-corrected chi connectivity index (χ2v) is 6.15. The van der Waals surface area contributed by atoms with Gasteiger partial charge in [-0.1, -0.05) is 13.8 Å². The van der Waals surface area contributed by atoms with Crippen LogP contribution in [0.5, 0.6) is 0 Å². The molecular formula is C16H19N5O. The highest BCUT2D eigenvalue weighted by molar-refractivity contribution is 5.58. The van der Waals surface area contributed by atoms with E-state index in [0.29, 0.717) is 23.2 Å². The predicted octanol–water partition coefficient (Wildman–Crippen LogP) is 2.54. The molecule has 0 saturated heterocycles. The van der Waals surface area contributed by atoms with Crippen LogP contribution in [-0.2, 0) is 5.60 Å². The summed E-state index contributed by atoms with van der Waals surface area (Å²) >= 11 is 0. The van der Waals surface area contributed by atoms with Crippen molar-refractivity contribution in [3.63, 3.8) is 0 Å². The molecule has 22 heavy (non-hydrogen) atoms. The number of hydrogen-bond donors (Lipinski definition) is 1. The average Bonchev–Trinajstić information content (AvgIpc) is 2.89. The fourth-order valence-electron chi connectivity index (χ4n) is 2.19. The van der Waals surface area contributed by atoms with E-state index in [1.54, 1.807) is 32.3 Å². The molecule has 0 unspecified atom stereocenters. The molecule has 0 aromatic carbocycles. The fourth-order valence-corrected chi connectivity index (χ4v) is 2.19. The van der Waals surface area contributed by atoms with Crippen molar-refractivity contribution < 1.29 is 5.11 Å². The zero-order valence-electron chi connectivity index (χ0n) is 13.1. The Hall–Kier alpha value is -2.34. The third-order valence-corrected chi connectivity index (χ3v) is 3.46. The van der Waals surface area contributed by atoms with Crippen molar-refractivity contribution in [2.24, 2.45) is 0 Å². The minimum atomic E-state index is -1.08. The molecule has 0 aliphatic heterocycles. The zero-order valence-corrected chi connectivity index (χ0v) is 13.1. The van der Waals surface area contributed by atoms with Gasteiger partial charge < -0.3 is 5.11 Å². The van der Waals surface area contributed by atoms with Crippen LogP contribution in [0.2, 0.25) is 0 Å². The molecular weight excluding hydrogens is 278 g/mol. The third-order valence-electron chi connectivity index (χ3n) is 3.46. The van der Waals surface area contributed by atoms with Crippen molar-refractivity contribution in [1.29, 1.82) is 0 Å². The molecule has 6 heteroatoms. The van der Waals surface area contributed by atoms with E-state index in [1.165, 1.54) is 0 Å². The molecule has 0 saturated carbocycles. The Bertz CT molecular complexity index is 817. The van der Waals surface area contributed by atoms with Crippen LogP contribution < -0.4 is 0 Å². The molecule has 3 aromatic heterocycles. The molecule has 3 heterocycles. The van der Waals surface area contributed by atoms with E-state index in [4.69, 9.17) is 0 Å². The first-order valence-corrected chi connectivity index (χ1v) is 7.26. The summed E-state index contributed by atoms with van der Waals surface area (Å²) in [7, 11) is 0. The lowest BCUT2D eigenvalue weighted by molar-refractivity contribution is 0.0688. The van der Waals surface area contributed by atoms with Crippen LogP contribution in [0.15, 0.2) is 30.7 Å². The molecule has 0 radical (unpaired) electrons. The van der Waals surface area contributed by atoms with Crippen LogP contribution in [0.1, 0.15) is 45.1 Å². The topological polar surface area (TPSA) is 76.2 Å². The largest absolute Gasteiger partial charge is 0.382 e. The smallest absolute Gasteiger partial charge is 0.234 e. The van der Waals surface area contributed by atoms with Gasteiger partial charge >= 0.3 is 0 Å². The van der Waals surface area contributed by atoms with Gasteiger partial charge in [-0.3, -0.25) is 4.40 Å². The van der Waals surface area contributed by atoms with Gasteiger partial charge in [-0.2, -0.15) is 0 Å². The van der Waals surface area contributed by atoms with E-state index in [2.05, 4.69) is 33.8 Å². The van der Waals surface area contributed by atoms with Crippen molar-refractivity contribution in [3.05, 3.63) is 42.2 Å². The monoisotopic (exact) mass is 297 g/mol. The van der Waals surface area contributed by atoms with E-state index < -0.39 is 5.60 Å². The van der Waals surface area contributed by atoms with Gasteiger partial charge in [0.15, 0.2) is 5.82 Å². The first kappa shape index (κ1) is 14.6. The van der Waals surface area contributed by atoms with Crippen LogP contribution in [-0.4, -0.2) is 29.4 Å². The minimum Gasteiger partial charge on any atom is -0.382 e. The lowest BCUT2D eigenvalue weighted by atomic mass is 10.1. The Morgan fingerprint density at radius 2 is 1.91 bits per heavy atom. The summed E-state index contributed by atoms with van der Waals surface area (Å²) < 4.78 is 1.89. The molecule has 0 aliphatic carbocycles. The van der Waals surface area contributed by atoms with Gasteiger partial charge in [0.1, 0.15) is 5.60 Å². The maximum atomic E-state index is 10.1. The number of imidazole rings is 1. The average molecular weight is 297 g/mol. The summed E-state index contributed by atoms with van der Waals surface area (Å²) in [5, 5.41) is 10.1. The Kier molecular flexibility index (Phi) is 3.41. The summed E-state index contributed by atoms with van der Waals surface area (Å²) in [5.74, 6) is 1.38. The number of aromatic nitrogens is 5. The second-order valence-electron chi connectivity index (χ2n) is 6.15. The summed E-state index contributed by atoms with van der Waals surface area (Å²) in [4.78, 5) is 17.5. The fraction of sp³-hybridized carbons (Fsp3) is 0.375. The second kappa shape index (κ2) is 5.14. The number of fused-ring (bicyclic) bond motifs is 1. The Morgan fingerprint density at radius 3 is 2.59 bits per heavy atom. The Labute approximate surface area is 128 Å². The van der Waals surface area contributed by atoms with E-state index in [1.807, 2.05) is 16.7 Å². The summed E-state index contributed by atoms with van der Waals surface area (Å²) in [6.45, 7) is 7.53. The van der Waals surface area contributed by atoms with Crippen LogP contribution in [0.4, 0.5) is 0 Å². The molecule has 3 aromatic rings. The summed E-state index contributed by atoms with van der Waals surface area (Å²) in [5.41, 5.74) is 1.45. The van der Waals surface area contributed by atoms with E-state index in [-0.39, 0.29) is 0 Å². The minimum absolute atomic E-state index is 0.353. The molecule has 0 fully saturated rings. The van der Waals surface area contributed by atoms with Crippen molar-refractivity contribution in [1.82, 2.24) is 24.3 Å². The highest BCUT2D eigenvalue weighted by Crippen LogP contribution is 2.22. The van der Waals surface area contributed by atoms with Crippen LogP contribution in [0.25, 0.3) is 17.2 Å². The molecule has 0 amide bonds. The van der Waals surface area contributed by atoms with Crippen LogP contribution in [0, 0.1) is 0 Å². The van der Waals surface area contributed by atoms with Gasteiger partial charge in [0, 0.05) is 18.1 Å². The molecule has 0 bridgehead atoms. The van der Waals surface area contributed by atoms with Crippen molar-refractivity contribution in [2.45, 2.75) is 39.2 Å². The molecule has 0 spiro atoms. The summed E-state index contributed by atoms with van der Waals surface area (Å²) in [6, 6.07) is 3.79. The number of aliphatic hydroxyl groups is 1. The van der Waals surface area contributed by atoms with Crippen molar-refractivity contribution >= 4 is 5.78 Å². The number of rotatable bonds is 3. The number of hydrogen-bond acceptors (Lipinski definition) is 5. The lowest BCUT2D eigenvalue weighted by Gasteiger charge is -2.15. The SMILES string of the molecule is CC(C)c1ccn2c(-c3ccnc(C(C)(C)O)n3)cnc2n1. The standard InChI is InChI=1S/C16H19N5O/c1-10(2)11-6-8-21-13(9-18-15(21)20-11)12-5-7-17-14(19-12)16(3,4)22/h5-10,22H,1-4H3. The Balaban J connectivity index is 2.11. The maximum absolute atomic E-state index is 10.1. The quantitative estimate of drug-likeness (QED) is 0.804. The third kappa shape index (κ3) is 2.57. The van der Waals surface area contributed by atoms with Crippen LogP contribution in [0.3, 0.4) is 0 Å². The number of nitrogens with zero attached hydrogens (tertiary/aromatic N) is 5. The van der Waals surface area contributed by atoms with Crippen molar-refractivity contribution in [2.75, 3.05) is 0 Å². The van der Waals surface area contributed by atoms with Gasteiger partial charge in [0.25, 0.3) is 0 Å². The first-order valence-electron chi connectivity index (χ1n) is 7.26. The van der Waals surface area contributed by atoms with Gasteiger partial charge in [-0.05, 0) is 31.9 Å². The molecule has 3 rings (SSSR count). The van der Waals surface area contributed by atoms with Gasteiger partial charge in [0.2, 0.25) is 5.78 Å². The van der Waals surface area contributed by atoms with Gasteiger partial charge in [0.05, 0.1) is 17.6 Å². The van der Waals surface area contributed by atoms with E-state index in [0.717, 1.165) is 11.4 Å². The molecule has 0 atom stereocenters. The molecule has 1 N–H and O–H groups in total. The maximum Gasteiger partial charge on any atom is 0.234 e. The highest BCUT2D eigenvalue weighted by atomic mass is 16.3. The van der Waals surface area contributed by atoms with Crippen molar-refractivity contribution in [3.8, 4) is 11.4 Å². The zero-order chi connectivity index (χ0) is 15.9. The first-order chi connectivity index (χ1) is 10.4. The molecule has 6 nitrogen and oxygen atoms in total. The van der Waals surface area contributed by atoms with E-state index in [9.17, 15) is 5.11 Å².